The van der Waals surface area contributed by atoms with Crippen LogP contribution < -0.4 is 10.5 Å². The number of rotatable bonds is 4. The second-order valence-corrected chi connectivity index (χ2v) is 6.57. The van der Waals surface area contributed by atoms with Gasteiger partial charge >= 0.3 is 0 Å². The maximum Gasteiger partial charge on any atom is 0.258 e. The molecule has 0 saturated heterocycles. The van der Waals surface area contributed by atoms with Crippen molar-refractivity contribution in [1.29, 1.82) is 0 Å². The van der Waals surface area contributed by atoms with Gasteiger partial charge in [0.25, 0.3) is 10.0 Å². The van der Waals surface area contributed by atoms with Crippen molar-refractivity contribution in [3.63, 3.8) is 0 Å². The molecule has 7 heteroatoms. The minimum atomic E-state index is -3.61. The number of fused-ring (bicyclic) bond motifs is 1. The summed E-state index contributed by atoms with van der Waals surface area (Å²) >= 11 is 0. The quantitative estimate of drug-likeness (QED) is 0.755. The predicted octanol–water partition coefficient (Wildman–Crippen LogP) is 0.314. The van der Waals surface area contributed by atoms with E-state index in [1.807, 2.05) is 24.3 Å². The molecule has 1 heterocycles. The largest absolute Gasteiger partial charge is 0.326 e. The fourth-order valence-corrected chi connectivity index (χ4v) is 3.98. The Kier molecular flexibility index (Phi) is 3.33. The van der Waals surface area contributed by atoms with Gasteiger partial charge in [-0.2, -0.15) is 5.10 Å². The minimum absolute atomic E-state index is 0.0657. The highest BCUT2D eigenvalue weighted by molar-refractivity contribution is 7.89. The molecule has 3 rings (SSSR count). The Hall–Kier alpha value is -1.70. The minimum Gasteiger partial charge on any atom is -0.326 e. The maximum atomic E-state index is 12.3. The second kappa shape index (κ2) is 5.01. The molecule has 4 N–H and O–H groups in total. The van der Waals surface area contributed by atoms with Gasteiger partial charge in [0, 0.05) is 18.2 Å². The molecule has 2 aromatic rings. The van der Waals surface area contributed by atoms with Gasteiger partial charge < -0.3 is 5.73 Å². The van der Waals surface area contributed by atoms with Gasteiger partial charge in [-0.25, -0.2) is 13.1 Å². The SMILES string of the molecule is NCc1cn[nH]c1S(=O)(=O)NC1Cc2ccccc2C1. The van der Waals surface area contributed by atoms with E-state index in [0.29, 0.717) is 18.4 Å². The summed E-state index contributed by atoms with van der Waals surface area (Å²) in [4.78, 5) is 0. The Morgan fingerprint density at radius 2 is 1.95 bits per heavy atom. The molecule has 106 valence electrons. The van der Waals surface area contributed by atoms with E-state index in [1.54, 1.807) is 0 Å². The normalized spacial score (nSPS) is 15.4. The summed E-state index contributed by atoms with van der Waals surface area (Å²) in [6.07, 6.45) is 2.86. The average Bonchev–Trinajstić information content (AvgIpc) is 3.03. The van der Waals surface area contributed by atoms with Crippen LogP contribution in [0.15, 0.2) is 35.5 Å². The van der Waals surface area contributed by atoms with Crippen molar-refractivity contribution < 1.29 is 8.42 Å². The fourth-order valence-electron chi connectivity index (χ4n) is 2.60. The van der Waals surface area contributed by atoms with Crippen LogP contribution in [-0.4, -0.2) is 24.7 Å². The number of benzene rings is 1. The van der Waals surface area contributed by atoms with Gasteiger partial charge in [0.05, 0.1) is 6.20 Å². The molecule has 1 aromatic carbocycles. The zero-order chi connectivity index (χ0) is 14.2. The van der Waals surface area contributed by atoms with E-state index in [4.69, 9.17) is 5.73 Å². The van der Waals surface area contributed by atoms with Crippen LogP contribution in [0.5, 0.6) is 0 Å². The molecule has 0 bridgehead atoms. The first-order valence-electron chi connectivity index (χ1n) is 6.41. The summed E-state index contributed by atoms with van der Waals surface area (Å²) in [5, 5.41) is 6.33. The molecule has 1 aliphatic rings. The highest BCUT2D eigenvalue weighted by Gasteiger charge is 2.28. The number of sulfonamides is 1. The van der Waals surface area contributed by atoms with E-state index in [1.165, 1.54) is 17.3 Å². The average molecular weight is 292 g/mol. The highest BCUT2D eigenvalue weighted by atomic mass is 32.2. The van der Waals surface area contributed by atoms with E-state index >= 15 is 0 Å². The number of hydrogen-bond acceptors (Lipinski definition) is 4. The third-order valence-corrected chi connectivity index (χ3v) is 5.07. The Labute approximate surface area is 117 Å². The van der Waals surface area contributed by atoms with Crippen LogP contribution in [0.2, 0.25) is 0 Å². The Balaban J connectivity index is 1.79. The van der Waals surface area contributed by atoms with Gasteiger partial charge in [-0.3, -0.25) is 5.10 Å². The van der Waals surface area contributed by atoms with Crippen molar-refractivity contribution in [3.05, 3.63) is 47.2 Å². The lowest BCUT2D eigenvalue weighted by atomic mass is 10.1. The highest BCUT2D eigenvalue weighted by Crippen LogP contribution is 2.23. The van der Waals surface area contributed by atoms with Crippen LogP contribution in [0.4, 0.5) is 0 Å². The molecule has 0 aliphatic heterocycles. The van der Waals surface area contributed by atoms with Crippen molar-refractivity contribution in [3.8, 4) is 0 Å². The number of nitrogens with zero attached hydrogens (tertiary/aromatic N) is 1. The smallest absolute Gasteiger partial charge is 0.258 e. The van der Waals surface area contributed by atoms with Gasteiger partial charge in [-0.15, -0.1) is 0 Å². The molecule has 20 heavy (non-hydrogen) atoms. The van der Waals surface area contributed by atoms with Gasteiger partial charge in [0.15, 0.2) is 5.03 Å². The van der Waals surface area contributed by atoms with E-state index in [0.717, 1.165) is 0 Å². The number of nitrogens with one attached hydrogen (secondary N) is 2. The Morgan fingerprint density at radius 1 is 1.30 bits per heavy atom. The van der Waals surface area contributed by atoms with Gasteiger partial charge in [-0.1, -0.05) is 24.3 Å². The number of nitrogens with two attached hydrogens (primary N) is 1. The number of aromatic nitrogens is 2. The molecule has 0 radical (unpaired) electrons. The van der Waals surface area contributed by atoms with Crippen molar-refractivity contribution >= 4 is 10.0 Å². The second-order valence-electron chi connectivity index (χ2n) is 4.92. The lowest BCUT2D eigenvalue weighted by Crippen LogP contribution is -2.36. The van der Waals surface area contributed by atoms with E-state index in [2.05, 4.69) is 14.9 Å². The van der Waals surface area contributed by atoms with Gasteiger partial charge in [0.1, 0.15) is 0 Å². The molecule has 0 saturated carbocycles. The molecule has 0 fully saturated rings. The third kappa shape index (κ3) is 2.35. The zero-order valence-corrected chi connectivity index (χ0v) is 11.7. The summed E-state index contributed by atoms with van der Waals surface area (Å²) < 4.78 is 27.4. The van der Waals surface area contributed by atoms with Crippen LogP contribution in [0.3, 0.4) is 0 Å². The van der Waals surface area contributed by atoms with Crippen molar-refractivity contribution in [2.45, 2.75) is 30.5 Å². The van der Waals surface area contributed by atoms with Crippen molar-refractivity contribution in [2.24, 2.45) is 5.73 Å². The third-order valence-electron chi connectivity index (χ3n) is 3.54. The molecule has 0 spiro atoms. The maximum absolute atomic E-state index is 12.3. The first-order valence-corrected chi connectivity index (χ1v) is 7.90. The molecule has 1 aromatic heterocycles. The summed E-state index contributed by atoms with van der Waals surface area (Å²) in [7, 11) is -3.61. The summed E-state index contributed by atoms with van der Waals surface area (Å²) in [6.45, 7) is 0.137. The van der Waals surface area contributed by atoms with Gasteiger partial charge in [0.2, 0.25) is 0 Å². The van der Waals surface area contributed by atoms with Crippen LogP contribution in [-0.2, 0) is 29.4 Å². The monoisotopic (exact) mass is 292 g/mol. The standard InChI is InChI=1S/C13H16N4O2S/c14-7-11-8-15-16-13(11)20(18,19)17-12-5-9-3-1-2-4-10(9)6-12/h1-4,8,12,17H,5-7,14H2,(H,15,16). The Bertz CT molecular complexity index is 698. The number of H-pyrrole nitrogens is 1. The first kappa shape index (κ1) is 13.3. The fraction of sp³-hybridized carbons (Fsp3) is 0.308. The van der Waals surface area contributed by atoms with Crippen LogP contribution in [0.1, 0.15) is 16.7 Å². The summed E-state index contributed by atoms with van der Waals surface area (Å²) in [6, 6.07) is 7.89. The van der Waals surface area contributed by atoms with Crippen LogP contribution in [0.25, 0.3) is 0 Å². The molecule has 0 amide bonds. The number of hydrogen-bond donors (Lipinski definition) is 3. The van der Waals surface area contributed by atoms with Crippen LogP contribution >= 0.6 is 0 Å². The molecule has 0 unspecified atom stereocenters. The lowest BCUT2D eigenvalue weighted by Gasteiger charge is -2.12. The predicted molar refractivity (Wildman–Crippen MR) is 74.4 cm³/mol. The zero-order valence-electron chi connectivity index (χ0n) is 10.8. The Morgan fingerprint density at radius 3 is 2.55 bits per heavy atom. The summed E-state index contributed by atoms with van der Waals surface area (Å²) in [5.74, 6) is 0. The summed E-state index contributed by atoms with van der Waals surface area (Å²) in [5.41, 5.74) is 8.41. The molecule has 0 atom stereocenters. The van der Waals surface area contributed by atoms with E-state index < -0.39 is 10.0 Å². The van der Waals surface area contributed by atoms with Crippen LogP contribution in [0, 0.1) is 0 Å². The van der Waals surface area contributed by atoms with E-state index in [-0.39, 0.29) is 17.6 Å². The molecular formula is C13H16N4O2S. The lowest BCUT2D eigenvalue weighted by molar-refractivity contribution is 0.550. The number of aromatic amines is 1. The van der Waals surface area contributed by atoms with Crippen molar-refractivity contribution in [2.75, 3.05) is 0 Å². The topological polar surface area (TPSA) is 101 Å². The molecule has 1 aliphatic carbocycles. The molecular weight excluding hydrogens is 276 g/mol. The van der Waals surface area contributed by atoms with Gasteiger partial charge in [-0.05, 0) is 24.0 Å². The molecule has 6 nitrogen and oxygen atoms in total. The van der Waals surface area contributed by atoms with Crippen molar-refractivity contribution in [1.82, 2.24) is 14.9 Å². The first-order chi connectivity index (χ1) is 9.60. The van der Waals surface area contributed by atoms with E-state index in [9.17, 15) is 8.42 Å².